The first-order chi connectivity index (χ1) is 19.0. The molecule has 40 heavy (non-hydrogen) atoms. The Labute approximate surface area is 245 Å². The van der Waals surface area contributed by atoms with Crippen LogP contribution >= 0.6 is 23.2 Å². The smallest absolute Gasteiger partial charge is 0.242 e. The molecule has 0 aliphatic heterocycles. The quantitative estimate of drug-likeness (QED) is 0.298. The maximum absolute atomic E-state index is 13.7. The molecule has 0 radical (unpaired) electrons. The van der Waals surface area contributed by atoms with E-state index >= 15 is 0 Å². The number of carbonyl (C=O) groups excluding carboxylic acids is 2. The SMILES string of the molecule is CNC(=O)[C@@H](Cc1ccccc1)N(Cc1ccc(Cl)cc1)C(=O)CCCN(c1ccc(OC)c(Cl)c1)S(C)(=O)=O. The van der Waals surface area contributed by atoms with E-state index in [9.17, 15) is 18.0 Å². The second-order valence-electron chi connectivity index (χ2n) is 9.23. The number of methoxy groups -OCH3 is 1. The Kier molecular flexibility index (Phi) is 11.2. The van der Waals surface area contributed by atoms with Gasteiger partial charge in [0.2, 0.25) is 21.8 Å². The number of anilines is 1. The third-order valence-electron chi connectivity index (χ3n) is 6.36. The van der Waals surface area contributed by atoms with Crippen molar-refractivity contribution in [1.29, 1.82) is 0 Å². The number of likely N-dealkylation sites (N-methyl/N-ethyl adjacent to an activating group) is 1. The number of amides is 2. The first-order valence-corrected chi connectivity index (χ1v) is 15.2. The van der Waals surface area contributed by atoms with E-state index in [4.69, 9.17) is 27.9 Å². The summed E-state index contributed by atoms with van der Waals surface area (Å²) in [6.07, 6.45) is 1.66. The summed E-state index contributed by atoms with van der Waals surface area (Å²) >= 11 is 12.3. The van der Waals surface area contributed by atoms with Crippen LogP contribution in [0.4, 0.5) is 5.69 Å². The summed E-state index contributed by atoms with van der Waals surface area (Å²) in [4.78, 5) is 28.3. The summed E-state index contributed by atoms with van der Waals surface area (Å²) < 4.78 is 31.6. The topological polar surface area (TPSA) is 96.0 Å². The molecule has 0 unspecified atom stereocenters. The third-order valence-corrected chi connectivity index (χ3v) is 8.10. The highest BCUT2D eigenvalue weighted by Crippen LogP contribution is 2.30. The molecule has 11 heteroatoms. The van der Waals surface area contributed by atoms with Gasteiger partial charge in [0.15, 0.2) is 0 Å². The molecular formula is C29H33Cl2N3O5S. The molecule has 0 spiro atoms. The van der Waals surface area contributed by atoms with E-state index in [-0.39, 0.29) is 42.8 Å². The van der Waals surface area contributed by atoms with E-state index in [0.29, 0.717) is 22.9 Å². The lowest BCUT2D eigenvalue weighted by Crippen LogP contribution is -2.49. The minimum Gasteiger partial charge on any atom is -0.495 e. The van der Waals surface area contributed by atoms with E-state index in [2.05, 4.69) is 5.32 Å². The Bertz CT molecular complexity index is 1400. The Morgan fingerprint density at radius 2 is 1.65 bits per heavy atom. The molecule has 0 aromatic heterocycles. The molecule has 0 heterocycles. The van der Waals surface area contributed by atoms with Crippen LogP contribution in [-0.4, -0.2) is 58.1 Å². The number of hydrogen-bond acceptors (Lipinski definition) is 5. The fraction of sp³-hybridized carbons (Fsp3) is 0.310. The van der Waals surface area contributed by atoms with Gasteiger partial charge in [-0.2, -0.15) is 0 Å². The van der Waals surface area contributed by atoms with Gasteiger partial charge in [0.05, 0.1) is 24.1 Å². The zero-order valence-electron chi connectivity index (χ0n) is 22.6. The van der Waals surface area contributed by atoms with Crippen LogP contribution in [0.25, 0.3) is 0 Å². The van der Waals surface area contributed by atoms with Gasteiger partial charge in [0.25, 0.3) is 0 Å². The summed E-state index contributed by atoms with van der Waals surface area (Å²) in [6, 6.07) is 20.5. The summed E-state index contributed by atoms with van der Waals surface area (Å²) in [7, 11) is -0.658. The molecule has 214 valence electrons. The molecule has 1 N–H and O–H groups in total. The van der Waals surface area contributed by atoms with Gasteiger partial charge in [-0.3, -0.25) is 13.9 Å². The molecule has 3 rings (SSSR count). The van der Waals surface area contributed by atoms with Crippen molar-refractivity contribution in [2.45, 2.75) is 31.8 Å². The van der Waals surface area contributed by atoms with Crippen molar-refractivity contribution in [2.24, 2.45) is 0 Å². The molecule has 0 aliphatic rings. The normalized spacial score (nSPS) is 11.9. The van der Waals surface area contributed by atoms with Crippen molar-refractivity contribution in [1.82, 2.24) is 10.2 Å². The van der Waals surface area contributed by atoms with Gasteiger partial charge in [-0.15, -0.1) is 0 Å². The van der Waals surface area contributed by atoms with Gasteiger partial charge in [0.1, 0.15) is 11.8 Å². The molecular weight excluding hydrogens is 573 g/mol. The lowest BCUT2D eigenvalue weighted by atomic mass is 10.0. The number of nitrogens with one attached hydrogen (secondary N) is 1. The molecule has 3 aromatic carbocycles. The minimum atomic E-state index is -3.67. The Hall–Kier alpha value is -3.27. The van der Waals surface area contributed by atoms with Crippen LogP contribution in [-0.2, 0) is 32.6 Å². The van der Waals surface area contributed by atoms with Gasteiger partial charge in [-0.25, -0.2) is 8.42 Å². The molecule has 8 nitrogen and oxygen atoms in total. The zero-order chi connectivity index (χ0) is 29.3. The summed E-state index contributed by atoms with van der Waals surface area (Å²) in [5, 5.41) is 3.52. The van der Waals surface area contributed by atoms with E-state index < -0.39 is 16.1 Å². The summed E-state index contributed by atoms with van der Waals surface area (Å²) in [5.74, 6) is -0.150. The molecule has 0 fully saturated rings. The van der Waals surface area contributed by atoms with Crippen LogP contribution in [0.2, 0.25) is 10.0 Å². The van der Waals surface area contributed by atoms with Gasteiger partial charge in [0, 0.05) is 38.0 Å². The molecule has 3 aromatic rings. The average molecular weight is 607 g/mol. The number of benzene rings is 3. The molecule has 1 atom stereocenters. The predicted molar refractivity (Wildman–Crippen MR) is 159 cm³/mol. The van der Waals surface area contributed by atoms with E-state index in [1.54, 1.807) is 29.2 Å². The molecule has 0 saturated carbocycles. The largest absolute Gasteiger partial charge is 0.495 e. The van der Waals surface area contributed by atoms with Crippen LogP contribution < -0.4 is 14.4 Å². The lowest BCUT2D eigenvalue weighted by molar-refractivity contribution is -0.141. The molecule has 0 bridgehead atoms. The van der Waals surface area contributed by atoms with E-state index in [1.165, 1.54) is 24.5 Å². The number of sulfonamides is 1. The maximum atomic E-state index is 13.7. The van der Waals surface area contributed by atoms with Gasteiger partial charge in [-0.1, -0.05) is 65.7 Å². The summed E-state index contributed by atoms with van der Waals surface area (Å²) in [5.41, 5.74) is 2.08. The minimum absolute atomic E-state index is 0.0196. The van der Waals surface area contributed by atoms with Crippen molar-refractivity contribution in [3.8, 4) is 5.75 Å². The second-order valence-corrected chi connectivity index (χ2v) is 12.0. The van der Waals surface area contributed by atoms with Crippen molar-refractivity contribution in [3.05, 3.63) is 94.0 Å². The van der Waals surface area contributed by atoms with Gasteiger partial charge in [-0.05, 0) is 47.9 Å². The highest BCUT2D eigenvalue weighted by atomic mass is 35.5. The number of halogens is 2. The zero-order valence-corrected chi connectivity index (χ0v) is 25.0. The Morgan fingerprint density at radius 1 is 0.975 bits per heavy atom. The van der Waals surface area contributed by atoms with Crippen molar-refractivity contribution in [2.75, 3.05) is 31.3 Å². The number of carbonyl (C=O) groups is 2. The predicted octanol–water partition coefficient (Wildman–Crippen LogP) is 4.93. The fourth-order valence-electron chi connectivity index (χ4n) is 4.32. The van der Waals surface area contributed by atoms with Crippen LogP contribution in [0.5, 0.6) is 5.75 Å². The second kappa shape index (κ2) is 14.4. The van der Waals surface area contributed by atoms with Crippen molar-refractivity contribution >= 4 is 50.7 Å². The maximum Gasteiger partial charge on any atom is 0.242 e. The molecule has 0 aliphatic carbocycles. The standard InChI is InChI=1S/C29H33Cl2N3O5S/c1-32-29(36)26(18-21-8-5-4-6-9-21)33(20-22-11-13-23(30)14-12-22)28(35)10-7-17-34(40(3,37)38)24-15-16-27(39-2)25(31)19-24/h4-6,8-9,11-16,19,26H,7,10,17-18,20H2,1-3H3,(H,32,36)/t26-/m1/s1. The fourth-order valence-corrected chi connectivity index (χ4v) is 5.66. The van der Waals surface area contributed by atoms with Crippen LogP contribution in [0.15, 0.2) is 72.8 Å². The van der Waals surface area contributed by atoms with E-state index in [0.717, 1.165) is 17.4 Å². The van der Waals surface area contributed by atoms with Gasteiger partial charge >= 0.3 is 0 Å². The van der Waals surface area contributed by atoms with Crippen LogP contribution in [0.3, 0.4) is 0 Å². The number of ether oxygens (including phenoxy) is 1. The monoisotopic (exact) mass is 605 g/mol. The molecule has 0 saturated heterocycles. The third kappa shape index (κ3) is 8.61. The Balaban J connectivity index is 1.84. The molecule has 2 amide bonds. The van der Waals surface area contributed by atoms with Crippen LogP contribution in [0.1, 0.15) is 24.0 Å². The summed E-state index contributed by atoms with van der Waals surface area (Å²) in [6.45, 7) is 0.232. The van der Waals surface area contributed by atoms with Gasteiger partial charge < -0.3 is 15.0 Å². The number of rotatable bonds is 13. The number of nitrogens with zero attached hydrogens (tertiary/aromatic N) is 2. The highest BCUT2D eigenvalue weighted by molar-refractivity contribution is 7.92. The van der Waals surface area contributed by atoms with Crippen LogP contribution in [0, 0.1) is 0 Å². The lowest BCUT2D eigenvalue weighted by Gasteiger charge is -2.31. The first kappa shape index (κ1) is 31.3. The van der Waals surface area contributed by atoms with E-state index in [1.807, 2.05) is 42.5 Å². The Morgan fingerprint density at radius 3 is 2.23 bits per heavy atom. The average Bonchev–Trinajstić information content (AvgIpc) is 2.93. The highest BCUT2D eigenvalue weighted by Gasteiger charge is 2.30. The first-order valence-electron chi connectivity index (χ1n) is 12.6. The number of hydrogen-bond donors (Lipinski definition) is 1. The van der Waals surface area contributed by atoms with Crippen molar-refractivity contribution in [3.63, 3.8) is 0 Å². The van der Waals surface area contributed by atoms with Crippen molar-refractivity contribution < 1.29 is 22.7 Å².